The SMILES string of the molecule is CCC(C)(C)S(=O)(=O)CCCc1cc(-c2cn([C@@H](C)C3CC3)c(=O)c3c(N)n[nH]c23)nn1C. The number of anilines is 1. The van der Waals surface area contributed by atoms with Gasteiger partial charge in [0.2, 0.25) is 0 Å². The second kappa shape index (κ2) is 8.30. The van der Waals surface area contributed by atoms with Gasteiger partial charge in [0.05, 0.1) is 21.7 Å². The van der Waals surface area contributed by atoms with E-state index in [9.17, 15) is 13.2 Å². The van der Waals surface area contributed by atoms with Gasteiger partial charge in [-0.3, -0.25) is 14.6 Å². The molecule has 3 heterocycles. The molecule has 1 atom stereocenters. The average molecular weight is 475 g/mol. The summed E-state index contributed by atoms with van der Waals surface area (Å²) in [4.78, 5) is 13.1. The maximum absolute atomic E-state index is 13.1. The van der Waals surface area contributed by atoms with Crippen LogP contribution in [-0.4, -0.2) is 43.5 Å². The molecule has 1 aliphatic carbocycles. The molecule has 4 rings (SSSR count). The average Bonchev–Trinajstić information content (AvgIpc) is 3.45. The van der Waals surface area contributed by atoms with Crippen LogP contribution in [-0.2, 0) is 23.3 Å². The smallest absolute Gasteiger partial charge is 0.264 e. The van der Waals surface area contributed by atoms with Crippen molar-refractivity contribution in [3.05, 3.63) is 28.3 Å². The standard InChI is InChI=1S/C23H34N6O3S/c1-6-23(3,4)33(31,32)11-7-8-16-12-18(27-28(16)5)17-13-29(14(2)15-9-10-15)22(30)19-20(17)25-26-21(19)24/h12-15H,6-11H2,1-5H3,(H3,24,25,26)/t14-/m0/s1. The number of aromatic amines is 1. The van der Waals surface area contributed by atoms with Gasteiger partial charge in [0.15, 0.2) is 15.7 Å². The first-order valence-corrected chi connectivity index (χ1v) is 13.3. The minimum Gasteiger partial charge on any atom is -0.382 e. The first kappa shape index (κ1) is 23.5. The summed E-state index contributed by atoms with van der Waals surface area (Å²) in [6, 6.07) is 2.03. The first-order valence-electron chi connectivity index (χ1n) is 11.6. The molecule has 3 aromatic heterocycles. The second-order valence-corrected chi connectivity index (χ2v) is 12.6. The number of nitrogens with two attached hydrogens (primary N) is 1. The molecule has 3 aromatic rings. The topological polar surface area (TPSA) is 129 Å². The van der Waals surface area contributed by atoms with Crippen molar-refractivity contribution in [3.8, 4) is 11.3 Å². The van der Waals surface area contributed by atoms with Crippen molar-refractivity contribution < 1.29 is 8.42 Å². The predicted octanol–water partition coefficient (Wildman–Crippen LogP) is 3.21. The Kier molecular flexibility index (Phi) is 5.92. The highest BCUT2D eigenvalue weighted by Crippen LogP contribution is 2.40. The molecule has 0 saturated heterocycles. The van der Waals surface area contributed by atoms with Crippen LogP contribution in [0.15, 0.2) is 17.1 Å². The highest BCUT2D eigenvalue weighted by atomic mass is 32.2. The van der Waals surface area contributed by atoms with Gasteiger partial charge in [0.1, 0.15) is 5.39 Å². The van der Waals surface area contributed by atoms with Crippen molar-refractivity contribution in [1.29, 1.82) is 0 Å². The fraction of sp³-hybridized carbons (Fsp3) is 0.609. The Bertz CT molecular complexity index is 1340. The zero-order chi connectivity index (χ0) is 24.1. The van der Waals surface area contributed by atoms with Crippen LogP contribution in [0.3, 0.4) is 0 Å². The van der Waals surface area contributed by atoms with E-state index in [0.29, 0.717) is 41.8 Å². The third kappa shape index (κ3) is 4.20. The Morgan fingerprint density at radius 2 is 2.03 bits per heavy atom. The molecule has 0 radical (unpaired) electrons. The molecule has 3 N–H and O–H groups in total. The number of rotatable bonds is 9. The minimum absolute atomic E-state index is 0.0743. The Labute approximate surface area is 194 Å². The maximum atomic E-state index is 13.1. The Morgan fingerprint density at radius 3 is 2.67 bits per heavy atom. The summed E-state index contributed by atoms with van der Waals surface area (Å²) >= 11 is 0. The zero-order valence-electron chi connectivity index (χ0n) is 20.1. The number of aryl methyl sites for hydroxylation is 2. The molecule has 0 unspecified atom stereocenters. The molecule has 0 bridgehead atoms. The van der Waals surface area contributed by atoms with Gasteiger partial charge in [0, 0.05) is 30.5 Å². The Balaban J connectivity index is 1.66. The summed E-state index contributed by atoms with van der Waals surface area (Å²) in [5.74, 6) is 0.822. The number of nitrogen functional groups attached to an aromatic ring is 1. The molecular weight excluding hydrogens is 440 g/mol. The summed E-state index contributed by atoms with van der Waals surface area (Å²) in [6.45, 7) is 7.53. The summed E-state index contributed by atoms with van der Waals surface area (Å²) in [5, 5.41) is 12.0. The molecule has 1 saturated carbocycles. The highest BCUT2D eigenvalue weighted by Gasteiger charge is 2.32. The van der Waals surface area contributed by atoms with Gasteiger partial charge in [0.25, 0.3) is 5.56 Å². The zero-order valence-corrected chi connectivity index (χ0v) is 20.9. The highest BCUT2D eigenvalue weighted by molar-refractivity contribution is 7.92. The monoisotopic (exact) mass is 474 g/mol. The van der Waals surface area contributed by atoms with E-state index in [1.54, 1.807) is 23.1 Å². The van der Waals surface area contributed by atoms with Gasteiger partial charge >= 0.3 is 0 Å². The van der Waals surface area contributed by atoms with E-state index >= 15 is 0 Å². The van der Waals surface area contributed by atoms with E-state index in [1.165, 1.54) is 0 Å². The summed E-state index contributed by atoms with van der Waals surface area (Å²) < 4.78 is 28.1. The molecule has 1 aliphatic rings. The van der Waals surface area contributed by atoms with E-state index in [1.807, 2.05) is 26.2 Å². The van der Waals surface area contributed by atoms with Crippen molar-refractivity contribution in [1.82, 2.24) is 24.5 Å². The fourth-order valence-corrected chi connectivity index (χ4v) is 5.79. The predicted molar refractivity (Wildman–Crippen MR) is 131 cm³/mol. The van der Waals surface area contributed by atoms with E-state index in [0.717, 1.165) is 24.1 Å². The molecule has 1 fully saturated rings. The van der Waals surface area contributed by atoms with Crippen LogP contribution in [0.5, 0.6) is 0 Å². The third-order valence-corrected chi connectivity index (χ3v) is 10.1. The lowest BCUT2D eigenvalue weighted by atomic mass is 10.1. The Hall–Kier alpha value is -2.62. The molecule has 0 amide bonds. The number of nitrogens with zero attached hydrogens (tertiary/aromatic N) is 4. The number of H-pyrrole nitrogens is 1. The molecule has 0 aliphatic heterocycles. The minimum atomic E-state index is -3.18. The Morgan fingerprint density at radius 1 is 1.33 bits per heavy atom. The van der Waals surface area contributed by atoms with Gasteiger partial charge in [-0.1, -0.05) is 6.92 Å². The molecular formula is C23H34N6O3S. The van der Waals surface area contributed by atoms with Crippen LogP contribution in [0.2, 0.25) is 0 Å². The summed E-state index contributed by atoms with van der Waals surface area (Å²) in [5.41, 5.74) is 8.88. The van der Waals surface area contributed by atoms with Crippen LogP contribution < -0.4 is 11.3 Å². The lowest BCUT2D eigenvalue weighted by molar-refractivity contribution is 0.474. The lowest BCUT2D eigenvalue weighted by Crippen LogP contribution is -2.33. The largest absolute Gasteiger partial charge is 0.382 e. The van der Waals surface area contributed by atoms with Gasteiger partial charge in [-0.2, -0.15) is 10.2 Å². The van der Waals surface area contributed by atoms with Crippen LogP contribution >= 0.6 is 0 Å². The van der Waals surface area contributed by atoms with Crippen LogP contribution in [0, 0.1) is 5.92 Å². The van der Waals surface area contributed by atoms with Gasteiger partial charge in [-0.25, -0.2) is 8.42 Å². The van der Waals surface area contributed by atoms with Crippen molar-refractivity contribution in [3.63, 3.8) is 0 Å². The van der Waals surface area contributed by atoms with Crippen molar-refractivity contribution in [2.45, 2.75) is 70.6 Å². The number of hydrogen-bond acceptors (Lipinski definition) is 6. The van der Waals surface area contributed by atoms with Crippen LogP contribution in [0.1, 0.15) is 65.1 Å². The quantitative estimate of drug-likeness (QED) is 0.490. The number of fused-ring (bicyclic) bond motifs is 1. The summed E-state index contributed by atoms with van der Waals surface area (Å²) in [6.07, 6.45) is 5.79. The van der Waals surface area contributed by atoms with E-state index in [-0.39, 0.29) is 23.2 Å². The van der Waals surface area contributed by atoms with Crippen molar-refractivity contribution in [2.75, 3.05) is 11.5 Å². The fourth-order valence-electron chi connectivity index (χ4n) is 4.27. The molecule has 33 heavy (non-hydrogen) atoms. The third-order valence-electron chi connectivity index (χ3n) is 7.32. The molecule has 0 aromatic carbocycles. The van der Waals surface area contributed by atoms with Crippen molar-refractivity contribution >= 4 is 26.6 Å². The first-order chi connectivity index (χ1) is 15.5. The molecule has 0 spiro atoms. The second-order valence-electron chi connectivity index (χ2n) is 9.87. The van der Waals surface area contributed by atoms with Gasteiger partial charge < -0.3 is 10.3 Å². The number of pyridine rings is 1. The van der Waals surface area contributed by atoms with Crippen LogP contribution in [0.25, 0.3) is 22.2 Å². The van der Waals surface area contributed by atoms with E-state index < -0.39 is 14.6 Å². The van der Waals surface area contributed by atoms with E-state index in [4.69, 9.17) is 5.73 Å². The van der Waals surface area contributed by atoms with Crippen molar-refractivity contribution in [2.24, 2.45) is 13.0 Å². The number of hydrogen-bond donors (Lipinski definition) is 2. The number of aromatic nitrogens is 5. The maximum Gasteiger partial charge on any atom is 0.264 e. The van der Waals surface area contributed by atoms with Gasteiger partial charge in [-0.05, 0) is 64.9 Å². The molecule has 9 nitrogen and oxygen atoms in total. The molecule has 10 heteroatoms. The summed E-state index contributed by atoms with van der Waals surface area (Å²) in [7, 11) is -1.33. The van der Waals surface area contributed by atoms with E-state index in [2.05, 4.69) is 22.2 Å². The van der Waals surface area contributed by atoms with Gasteiger partial charge in [-0.15, -0.1) is 0 Å². The number of sulfone groups is 1. The lowest BCUT2D eigenvalue weighted by Gasteiger charge is -2.22. The molecule has 180 valence electrons. The number of nitrogens with one attached hydrogen (secondary N) is 1. The van der Waals surface area contributed by atoms with Crippen LogP contribution in [0.4, 0.5) is 5.82 Å². The normalized spacial score (nSPS) is 15.9.